The summed E-state index contributed by atoms with van der Waals surface area (Å²) in [5.74, 6) is 0.116. The van der Waals surface area contributed by atoms with Crippen molar-refractivity contribution in [2.45, 2.75) is 19.9 Å². The van der Waals surface area contributed by atoms with E-state index in [1.165, 1.54) is 4.31 Å². The van der Waals surface area contributed by atoms with Crippen molar-refractivity contribution in [1.82, 2.24) is 4.31 Å². The van der Waals surface area contributed by atoms with E-state index in [4.69, 9.17) is 4.74 Å². The zero-order chi connectivity index (χ0) is 8.48. The zero-order valence-corrected chi connectivity index (χ0v) is 7.60. The van der Waals surface area contributed by atoms with Crippen molar-refractivity contribution >= 4 is 10.0 Å². The number of hydrogen-bond donors (Lipinski definition) is 0. The van der Waals surface area contributed by atoms with Gasteiger partial charge in [-0.2, -0.15) is 4.31 Å². The Kier molecular flexibility index (Phi) is 2.51. The minimum atomic E-state index is -3.01. The standard InChI is InChI=1S/C6H13NO3S/c1-6(2)7-5-10-3-4-11(7,8)9/h6H,3-5H2,1-2H3. The highest BCUT2D eigenvalue weighted by Gasteiger charge is 2.28. The van der Waals surface area contributed by atoms with E-state index in [1.807, 2.05) is 13.8 Å². The molecule has 1 heterocycles. The third-order valence-electron chi connectivity index (χ3n) is 1.64. The van der Waals surface area contributed by atoms with Crippen molar-refractivity contribution in [1.29, 1.82) is 0 Å². The van der Waals surface area contributed by atoms with Gasteiger partial charge in [0.25, 0.3) is 0 Å². The van der Waals surface area contributed by atoms with E-state index >= 15 is 0 Å². The number of nitrogens with zero attached hydrogens (tertiary/aromatic N) is 1. The van der Waals surface area contributed by atoms with Gasteiger partial charge in [0, 0.05) is 6.04 Å². The maximum atomic E-state index is 11.3. The molecule has 0 saturated carbocycles. The van der Waals surface area contributed by atoms with E-state index in [-0.39, 0.29) is 18.5 Å². The molecule has 1 rings (SSSR count). The third kappa shape index (κ3) is 1.91. The van der Waals surface area contributed by atoms with Crippen molar-refractivity contribution in [3.05, 3.63) is 0 Å². The maximum Gasteiger partial charge on any atom is 0.218 e. The molecule has 11 heavy (non-hydrogen) atoms. The van der Waals surface area contributed by atoms with Crippen LogP contribution in [-0.2, 0) is 14.8 Å². The number of hydrogen-bond acceptors (Lipinski definition) is 3. The molecule has 0 aromatic carbocycles. The molecule has 0 N–H and O–H groups in total. The largest absolute Gasteiger partial charge is 0.364 e. The van der Waals surface area contributed by atoms with E-state index in [0.717, 1.165) is 0 Å². The summed E-state index contributed by atoms with van der Waals surface area (Å²) in [4.78, 5) is 0. The molecule has 0 spiro atoms. The third-order valence-corrected chi connectivity index (χ3v) is 3.56. The predicted molar refractivity (Wildman–Crippen MR) is 41.6 cm³/mol. The van der Waals surface area contributed by atoms with Gasteiger partial charge in [-0.1, -0.05) is 0 Å². The van der Waals surface area contributed by atoms with Gasteiger partial charge in [0.05, 0.1) is 12.4 Å². The van der Waals surface area contributed by atoms with Crippen LogP contribution in [0, 0.1) is 0 Å². The number of rotatable bonds is 1. The molecule has 1 fully saturated rings. The summed E-state index contributed by atoms with van der Waals surface area (Å²) in [6.07, 6.45) is 0. The van der Waals surface area contributed by atoms with Crippen LogP contribution in [0.5, 0.6) is 0 Å². The molecule has 1 saturated heterocycles. The summed E-state index contributed by atoms with van der Waals surface area (Å²) in [7, 11) is -3.01. The monoisotopic (exact) mass is 179 g/mol. The van der Waals surface area contributed by atoms with Gasteiger partial charge in [-0.3, -0.25) is 0 Å². The lowest BCUT2D eigenvalue weighted by Gasteiger charge is -2.29. The Bertz CT molecular complexity index is 222. The molecule has 4 nitrogen and oxygen atoms in total. The van der Waals surface area contributed by atoms with Crippen LogP contribution in [0.1, 0.15) is 13.8 Å². The Morgan fingerprint density at radius 1 is 1.45 bits per heavy atom. The second-order valence-corrected chi connectivity index (χ2v) is 4.88. The Hall–Kier alpha value is -0.130. The Morgan fingerprint density at radius 3 is 2.45 bits per heavy atom. The quantitative estimate of drug-likeness (QED) is 0.570. The van der Waals surface area contributed by atoms with Crippen molar-refractivity contribution in [2.24, 2.45) is 0 Å². The minimum Gasteiger partial charge on any atom is -0.364 e. The van der Waals surface area contributed by atoms with Crippen molar-refractivity contribution in [3.8, 4) is 0 Å². The summed E-state index contributed by atoms with van der Waals surface area (Å²) >= 11 is 0. The van der Waals surface area contributed by atoms with Gasteiger partial charge in [-0.25, -0.2) is 8.42 Å². The van der Waals surface area contributed by atoms with Crippen LogP contribution in [-0.4, -0.2) is 37.9 Å². The van der Waals surface area contributed by atoms with E-state index < -0.39 is 10.0 Å². The average molecular weight is 179 g/mol. The van der Waals surface area contributed by atoms with E-state index in [1.54, 1.807) is 0 Å². The van der Waals surface area contributed by atoms with Gasteiger partial charge in [-0.15, -0.1) is 0 Å². The number of ether oxygens (including phenoxy) is 1. The predicted octanol–water partition coefficient (Wildman–Crippen LogP) is 0.0143. The minimum absolute atomic E-state index is 0.000278. The Balaban J connectivity index is 2.76. The molecular weight excluding hydrogens is 166 g/mol. The zero-order valence-electron chi connectivity index (χ0n) is 6.78. The van der Waals surface area contributed by atoms with Crippen molar-refractivity contribution in [2.75, 3.05) is 19.1 Å². The van der Waals surface area contributed by atoms with Gasteiger partial charge in [-0.05, 0) is 13.8 Å². The van der Waals surface area contributed by atoms with Gasteiger partial charge in [0.15, 0.2) is 0 Å². The molecule has 0 amide bonds. The topological polar surface area (TPSA) is 46.6 Å². The summed E-state index contributed by atoms with van der Waals surface area (Å²) in [5.41, 5.74) is 0. The molecule has 0 atom stereocenters. The molecule has 0 aliphatic carbocycles. The van der Waals surface area contributed by atoms with Gasteiger partial charge >= 0.3 is 0 Å². The highest BCUT2D eigenvalue weighted by atomic mass is 32.2. The average Bonchev–Trinajstić information content (AvgIpc) is 1.85. The van der Waals surface area contributed by atoms with E-state index in [9.17, 15) is 8.42 Å². The first-order valence-electron chi connectivity index (χ1n) is 3.61. The van der Waals surface area contributed by atoms with E-state index in [2.05, 4.69) is 0 Å². The molecule has 0 aromatic heterocycles. The lowest BCUT2D eigenvalue weighted by molar-refractivity contribution is 0.0536. The molecule has 5 heteroatoms. The van der Waals surface area contributed by atoms with Crippen LogP contribution in [0.3, 0.4) is 0 Å². The normalized spacial score (nSPS) is 25.7. The molecule has 0 radical (unpaired) electrons. The lowest BCUT2D eigenvalue weighted by Crippen LogP contribution is -2.44. The second-order valence-electron chi connectivity index (χ2n) is 2.83. The molecule has 0 unspecified atom stereocenters. The fourth-order valence-electron chi connectivity index (χ4n) is 0.987. The fourth-order valence-corrected chi connectivity index (χ4v) is 2.43. The Morgan fingerprint density at radius 2 is 2.09 bits per heavy atom. The summed E-state index contributed by atoms with van der Waals surface area (Å²) in [6.45, 7) is 4.21. The first kappa shape index (κ1) is 8.96. The van der Waals surface area contributed by atoms with Crippen LogP contribution in [0.2, 0.25) is 0 Å². The van der Waals surface area contributed by atoms with Crippen LogP contribution < -0.4 is 0 Å². The summed E-state index contributed by atoms with van der Waals surface area (Å²) < 4.78 is 28.9. The fraction of sp³-hybridized carbons (Fsp3) is 1.00. The lowest BCUT2D eigenvalue weighted by atomic mass is 10.4. The van der Waals surface area contributed by atoms with Gasteiger partial charge < -0.3 is 4.74 Å². The highest BCUT2D eigenvalue weighted by Crippen LogP contribution is 2.11. The first-order chi connectivity index (χ1) is 5.04. The maximum absolute atomic E-state index is 11.3. The van der Waals surface area contributed by atoms with E-state index in [0.29, 0.717) is 6.61 Å². The van der Waals surface area contributed by atoms with Crippen molar-refractivity contribution in [3.63, 3.8) is 0 Å². The first-order valence-corrected chi connectivity index (χ1v) is 5.22. The van der Waals surface area contributed by atoms with Crippen LogP contribution in [0.15, 0.2) is 0 Å². The molecule has 1 aliphatic rings. The molecule has 66 valence electrons. The van der Waals surface area contributed by atoms with Crippen LogP contribution in [0.4, 0.5) is 0 Å². The molecule has 1 aliphatic heterocycles. The van der Waals surface area contributed by atoms with Crippen LogP contribution >= 0.6 is 0 Å². The molecule has 0 bridgehead atoms. The highest BCUT2D eigenvalue weighted by molar-refractivity contribution is 7.89. The second kappa shape index (κ2) is 3.08. The summed E-state index contributed by atoms with van der Waals surface area (Å²) in [5, 5.41) is 0. The van der Waals surface area contributed by atoms with Gasteiger partial charge in [0.1, 0.15) is 6.73 Å². The number of sulfonamides is 1. The SMILES string of the molecule is CC(C)N1COCCS1(=O)=O. The van der Waals surface area contributed by atoms with Gasteiger partial charge in [0.2, 0.25) is 10.0 Å². The Labute approximate surface area is 67.2 Å². The molecule has 0 aromatic rings. The van der Waals surface area contributed by atoms with Crippen LogP contribution in [0.25, 0.3) is 0 Å². The molecular formula is C6H13NO3S. The summed E-state index contributed by atoms with van der Waals surface area (Å²) in [6, 6.07) is 0.000278. The van der Waals surface area contributed by atoms with Crippen molar-refractivity contribution < 1.29 is 13.2 Å². The smallest absolute Gasteiger partial charge is 0.218 e.